The number of amides is 1. The van der Waals surface area contributed by atoms with Gasteiger partial charge in [-0.05, 0) is 41.8 Å². The number of rotatable bonds is 7. The van der Waals surface area contributed by atoms with Gasteiger partial charge in [0.25, 0.3) is 0 Å². The Morgan fingerprint density at radius 1 is 1.10 bits per heavy atom. The van der Waals surface area contributed by atoms with Crippen LogP contribution in [0.3, 0.4) is 0 Å². The number of nitrogens with one attached hydrogen (secondary N) is 1. The van der Waals surface area contributed by atoms with Crippen LogP contribution in [0, 0.1) is 11.2 Å². The Morgan fingerprint density at radius 3 is 2.28 bits per heavy atom. The molecule has 2 rings (SSSR count). The van der Waals surface area contributed by atoms with E-state index in [9.17, 15) is 17.6 Å². The first-order chi connectivity index (χ1) is 13.4. The number of hydrogen-bond donors (Lipinski definition) is 1. The Morgan fingerprint density at radius 2 is 1.72 bits per heavy atom. The van der Waals surface area contributed by atoms with Gasteiger partial charge in [0.05, 0.1) is 11.4 Å². The summed E-state index contributed by atoms with van der Waals surface area (Å²) in [4.78, 5) is 12.4. The molecule has 2 aromatic rings. The first-order valence-electron chi connectivity index (χ1n) is 8.85. The van der Waals surface area contributed by atoms with Crippen LogP contribution in [0.15, 0.2) is 47.4 Å². The van der Waals surface area contributed by atoms with Gasteiger partial charge < -0.3 is 5.32 Å². The van der Waals surface area contributed by atoms with Crippen LogP contribution in [-0.4, -0.2) is 31.7 Å². The van der Waals surface area contributed by atoms with Crippen molar-refractivity contribution >= 4 is 39.1 Å². The van der Waals surface area contributed by atoms with Gasteiger partial charge in [-0.3, -0.25) is 4.79 Å². The monoisotopic (exact) mass is 460 g/mol. The van der Waals surface area contributed by atoms with E-state index in [0.29, 0.717) is 11.6 Å². The summed E-state index contributed by atoms with van der Waals surface area (Å²) >= 11 is 11.9. The zero-order valence-electron chi connectivity index (χ0n) is 16.4. The van der Waals surface area contributed by atoms with Gasteiger partial charge in [0.1, 0.15) is 5.82 Å². The number of carbonyl (C=O) groups excluding carboxylic acids is 1. The molecule has 5 nitrogen and oxygen atoms in total. The molecule has 0 bridgehead atoms. The molecule has 0 spiro atoms. The summed E-state index contributed by atoms with van der Waals surface area (Å²) in [6.45, 7) is 5.31. The summed E-state index contributed by atoms with van der Waals surface area (Å²) in [7, 11) is -4.11. The largest absolute Gasteiger partial charge is 0.354 e. The molecule has 0 fully saturated rings. The molecule has 158 valence electrons. The molecule has 0 unspecified atom stereocenters. The van der Waals surface area contributed by atoms with Crippen molar-refractivity contribution in [1.29, 1.82) is 0 Å². The van der Waals surface area contributed by atoms with E-state index < -0.39 is 28.3 Å². The van der Waals surface area contributed by atoms with Crippen molar-refractivity contribution in [2.75, 3.05) is 13.1 Å². The first kappa shape index (κ1) is 23.6. The fourth-order valence-electron chi connectivity index (χ4n) is 2.42. The second kappa shape index (κ2) is 9.43. The normalized spacial score (nSPS) is 12.2. The Bertz CT molecular complexity index is 954. The number of hydrogen-bond acceptors (Lipinski definition) is 3. The lowest BCUT2D eigenvalue weighted by atomic mass is 9.97. The van der Waals surface area contributed by atoms with Crippen LogP contribution < -0.4 is 5.32 Å². The molecule has 0 atom stereocenters. The number of carbonyl (C=O) groups is 1. The lowest BCUT2D eigenvalue weighted by Crippen LogP contribution is -2.42. The number of halogens is 3. The maximum absolute atomic E-state index is 14.3. The molecule has 0 aliphatic heterocycles. The Hall–Kier alpha value is -1.67. The van der Waals surface area contributed by atoms with Crippen molar-refractivity contribution < 1.29 is 17.6 Å². The van der Waals surface area contributed by atoms with Crippen molar-refractivity contribution in [2.24, 2.45) is 5.41 Å². The summed E-state index contributed by atoms with van der Waals surface area (Å²) in [5.41, 5.74) is -0.181. The van der Waals surface area contributed by atoms with Gasteiger partial charge in [-0.25, -0.2) is 12.8 Å². The second-order valence-electron chi connectivity index (χ2n) is 7.76. The lowest BCUT2D eigenvalue weighted by molar-refractivity contribution is -0.121. The summed E-state index contributed by atoms with van der Waals surface area (Å²) in [5, 5.41) is 3.16. The van der Waals surface area contributed by atoms with Crippen molar-refractivity contribution in [3.8, 4) is 0 Å². The average Bonchev–Trinajstić information content (AvgIpc) is 2.62. The predicted octanol–water partition coefficient (Wildman–Crippen LogP) is 4.49. The van der Waals surface area contributed by atoms with Gasteiger partial charge >= 0.3 is 0 Å². The third-order valence-corrected chi connectivity index (χ3v) is 6.40. The van der Waals surface area contributed by atoms with E-state index in [0.717, 1.165) is 4.31 Å². The molecule has 1 N–H and O–H groups in total. The van der Waals surface area contributed by atoms with E-state index in [1.807, 2.05) is 20.8 Å². The molecule has 1 amide bonds. The third-order valence-electron chi connectivity index (χ3n) is 3.98. The highest BCUT2D eigenvalue weighted by molar-refractivity contribution is 7.89. The van der Waals surface area contributed by atoms with Crippen LogP contribution in [0.4, 0.5) is 4.39 Å². The van der Waals surface area contributed by atoms with Crippen molar-refractivity contribution in [1.82, 2.24) is 9.62 Å². The van der Waals surface area contributed by atoms with E-state index >= 15 is 0 Å². The topological polar surface area (TPSA) is 66.5 Å². The molecule has 0 radical (unpaired) electrons. The fraction of sp³-hybridized carbons (Fsp3) is 0.350. The van der Waals surface area contributed by atoms with Crippen LogP contribution in [0.2, 0.25) is 10.0 Å². The summed E-state index contributed by atoms with van der Waals surface area (Å²) < 4.78 is 41.5. The Kier molecular flexibility index (Phi) is 7.67. The third kappa shape index (κ3) is 6.67. The van der Waals surface area contributed by atoms with E-state index in [1.54, 1.807) is 0 Å². The molecular weight excluding hydrogens is 438 g/mol. The molecule has 0 aliphatic rings. The smallest absolute Gasteiger partial charge is 0.243 e. The summed E-state index contributed by atoms with van der Waals surface area (Å²) in [6, 6.07) is 9.61. The average molecular weight is 461 g/mol. The van der Waals surface area contributed by atoms with Gasteiger partial charge in [-0.15, -0.1) is 0 Å². The molecule has 2 aromatic carbocycles. The predicted molar refractivity (Wildman–Crippen MR) is 113 cm³/mol. The standard InChI is InChI=1S/C20H23Cl2FN2O3S/c1-20(2,3)13-24-19(26)12-25(11-16-17(22)5-4-6-18(16)23)29(27,28)15-9-7-14(21)8-10-15/h4-10H,11-13H2,1-3H3,(H,24,26). The minimum atomic E-state index is -4.11. The lowest BCUT2D eigenvalue weighted by Gasteiger charge is -2.24. The summed E-state index contributed by atoms with van der Waals surface area (Å²) in [5.74, 6) is -1.14. The molecular formula is C20H23Cl2FN2O3S. The van der Waals surface area contributed by atoms with E-state index in [2.05, 4.69) is 5.32 Å². The highest BCUT2D eigenvalue weighted by Crippen LogP contribution is 2.25. The molecule has 0 saturated carbocycles. The van der Waals surface area contributed by atoms with Gasteiger partial charge in [0.2, 0.25) is 15.9 Å². The quantitative estimate of drug-likeness (QED) is 0.661. The second-order valence-corrected chi connectivity index (χ2v) is 10.5. The molecule has 0 aromatic heterocycles. The van der Waals surface area contributed by atoms with E-state index in [4.69, 9.17) is 23.2 Å². The molecule has 29 heavy (non-hydrogen) atoms. The van der Waals surface area contributed by atoms with Crippen LogP contribution in [0.5, 0.6) is 0 Å². The van der Waals surface area contributed by atoms with Gasteiger partial charge in [-0.1, -0.05) is 50.0 Å². The van der Waals surface area contributed by atoms with Gasteiger partial charge in [-0.2, -0.15) is 4.31 Å². The maximum atomic E-state index is 14.3. The van der Waals surface area contributed by atoms with Crippen LogP contribution in [0.1, 0.15) is 26.3 Å². The number of benzene rings is 2. The maximum Gasteiger partial charge on any atom is 0.243 e. The van der Waals surface area contributed by atoms with E-state index in [-0.39, 0.29) is 27.4 Å². The SMILES string of the molecule is CC(C)(C)CNC(=O)CN(Cc1c(F)cccc1Cl)S(=O)(=O)c1ccc(Cl)cc1. The van der Waals surface area contributed by atoms with Crippen LogP contribution in [0.25, 0.3) is 0 Å². The van der Waals surface area contributed by atoms with Crippen molar-refractivity contribution in [3.05, 3.63) is 63.9 Å². The minimum absolute atomic E-state index is 0.00433. The van der Waals surface area contributed by atoms with Gasteiger partial charge in [0.15, 0.2) is 0 Å². The van der Waals surface area contributed by atoms with E-state index in [1.165, 1.54) is 42.5 Å². The summed E-state index contributed by atoms with van der Waals surface area (Å²) in [6.07, 6.45) is 0. The van der Waals surface area contributed by atoms with Crippen molar-refractivity contribution in [3.63, 3.8) is 0 Å². The zero-order chi connectivity index (χ0) is 21.8. The van der Waals surface area contributed by atoms with Crippen molar-refractivity contribution in [2.45, 2.75) is 32.2 Å². The molecule has 9 heteroatoms. The van der Waals surface area contributed by atoms with Gasteiger partial charge in [0, 0.05) is 28.7 Å². The fourth-order valence-corrected chi connectivity index (χ4v) is 4.13. The Balaban J connectivity index is 2.37. The zero-order valence-corrected chi connectivity index (χ0v) is 18.7. The number of sulfonamides is 1. The molecule has 0 saturated heterocycles. The van der Waals surface area contributed by atoms with Crippen LogP contribution in [-0.2, 0) is 21.4 Å². The van der Waals surface area contributed by atoms with Crippen LogP contribution >= 0.6 is 23.2 Å². The highest BCUT2D eigenvalue weighted by Gasteiger charge is 2.29. The first-order valence-corrected chi connectivity index (χ1v) is 11.0. The number of nitrogens with zero attached hydrogens (tertiary/aromatic N) is 1. The Labute approximate surface area is 180 Å². The highest BCUT2D eigenvalue weighted by atomic mass is 35.5. The molecule has 0 heterocycles. The molecule has 0 aliphatic carbocycles. The minimum Gasteiger partial charge on any atom is -0.354 e.